The van der Waals surface area contributed by atoms with E-state index in [9.17, 15) is 9.59 Å². The summed E-state index contributed by atoms with van der Waals surface area (Å²) in [4.78, 5) is 27.9. The molecular weight excluding hydrogens is 358 g/mol. The first-order chi connectivity index (χ1) is 12.8. The number of carbonyl (C=O) groups is 2. The van der Waals surface area contributed by atoms with Crippen LogP contribution < -0.4 is 10.6 Å². The van der Waals surface area contributed by atoms with Gasteiger partial charge in [0.25, 0.3) is 0 Å². The van der Waals surface area contributed by atoms with Crippen molar-refractivity contribution in [2.24, 2.45) is 11.8 Å². The maximum Gasteiger partial charge on any atom is 0.238 e. The largest absolute Gasteiger partial charge is 0.352 e. The average Bonchev–Trinajstić information content (AvgIpc) is 2.65. The van der Waals surface area contributed by atoms with E-state index in [1.807, 2.05) is 44.5 Å². The topological polar surface area (TPSA) is 61.4 Å². The first-order valence-corrected chi connectivity index (χ1v) is 11.0. The summed E-state index contributed by atoms with van der Waals surface area (Å²) in [5, 5.41) is 6.15. The molecule has 0 bridgehead atoms. The van der Waals surface area contributed by atoms with Gasteiger partial charge in [0.1, 0.15) is 0 Å². The molecule has 0 aliphatic heterocycles. The van der Waals surface area contributed by atoms with Crippen LogP contribution in [-0.2, 0) is 9.59 Å². The molecule has 27 heavy (non-hydrogen) atoms. The van der Waals surface area contributed by atoms with E-state index < -0.39 is 0 Å². The molecule has 5 nitrogen and oxygen atoms in total. The fraction of sp³-hybridized carbons (Fsp3) is 0.619. The molecule has 150 valence electrons. The summed E-state index contributed by atoms with van der Waals surface area (Å²) >= 11 is 1.59. The third-order valence-electron chi connectivity index (χ3n) is 5.85. The van der Waals surface area contributed by atoms with E-state index >= 15 is 0 Å². The third kappa shape index (κ3) is 5.98. The average molecular weight is 392 g/mol. The molecule has 1 saturated carbocycles. The normalized spacial score (nSPS) is 23.7. The summed E-state index contributed by atoms with van der Waals surface area (Å²) in [5.41, 5.74) is 0.811. The van der Waals surface area contributed by atoms with Crippen molar-refractivity contribution in [3.05, 3.63) is 24.3 Å². The first-order valence-electron chi connectivity index (χ1n) is 9.77. The molecule has 1 aliphatic carbocycles. The van der Waals surface area contributed by atoms with Crippen LogP contribution in [0.3, 0.4) is 0 Å². The molecular formula is C21H33N3O2S. The number of anilines is 1. The molecule has 0 saturated heterocycles. The summed E-state index contributed by atoms with van der Waals surface area (Å²) in [6.45, 7) is 6.51. The van der Waals surface area contributed by atoms with Gasteiger partial charge in [0.2, 0.25) is 11.8 Å². The number of likely N-dealkylation sites (N-methyl/N-ethyl adjacent to an activating group) is 1. The number of benzene rings is 1. The molecule has 0 radical (unpaired) electrons. The number of hydrogen-bond donors (Lipinski definition) is 2. The molecule has 1 aromatic carbocycles. The van der Waals surface area contributed by atoms with E-state index in [4.69, 9.17) is 0 Å². The van der Waals surface area contributed by atoms with Crippen molar-refractivity contribution in [3.8, 4) is 0 Å². The van der Waals surface area contributed by atoms with Crippen LogP contribution in [0.15, 0.2) is 29.2 Å². The zero-order valence-corrected chi connectivity index (χ0v) is 17.9. The van der Waals surface area contributed by atoms with Crippen LogP contribution >= 0.6 is 11.8 Å². The Labute approximate surface area is 167 Å². The highest BCUT2D eigenvalue weighted by atomic mass is 32.2. The minimum atomic E-state index is -0.351. The van der Waals surface area contributed by atoms with E-state index in [1.54, 1.807) is 16.7 Å². The van der Waals surface area contributed by atoms with Crippen molar-refractivity contribution in [3.63, 3.8) is 0 Å². The van der Waals surface area contributed by atoms with E-state index in [2.05, 4.69) is 24.5 Å². The number of amides is 2. The highest BCUT2D eigenvalue weighted by Gasteiger charge is 2.30. The molecule has 2 N–H and O–H groups in total. The molecule has 0 spiro atoms. The number of rotatable bonds is 7. The lowest BCUT2D eigenvalue weighted by molar-refractivity contribution is -0.127. The number of thioether (sulfide) groups is 1. The lowest BCUT2D eigenvalue weighted by atomic mass is 9.78. The highest BCUT2D eigenvalue weighted by Crippen LogP contribution is 2.29. The minimum absolute atomic E-state index is 0.000707. The number of nitrogens with zero attached hydrogens (tertiary/aromatic N) is 1. The molecule has 0 aromatic heterocycles. The Kier molecular flexibility index (Phi) is 8.17. The van der Waals surface area contributed by atoms with E-state index in [0.717, 1.165) is 23.4 Å². The lowest BCUT2D eigenvalue weighted by Gasteiger charge is -2.36. The van der Waals surface area contributed by atoms with Crippen LogP contribution in [0, 0.1) is 11.8 Å². The molecule has 2 amide bonds. The maximum atomic E-state index is 12.7. The Morgan fingerprint density at radius 1 is 1.26 bits per heavy atom. The van der Waals surface area contributed by atoms with Gasteiger partial charge in [0, 0.05) is 10.9 Å². The van der Waals surface area contributed by atoms with E-state index in [1.165, 1.54) is 6.42 Å². The lowest BCUT2D eigenvalue weighted by Crippen LogP contribution is -2.51. The van der Waals surface area contributed by atoms with Gasteiger partial charge in [-0.15, -0.1) is 11.8 Å². The number of carbonyl (C=O) groups excluding carboxylic acids is 2. The van der Waals surface area contributed by atoms with Crippen molar-refractivity contribution in [2.75, 3.05) is 25.2 Å². The Hall–Kier alpha value is -1.53. The highest BCUT2D eigenvalue weighted by molar-refractivity contribution is 7.98. The third-order valence-corrected chi connectivity index (χ3v) is 6.64. The Morgan fingerprint density at radius 3 is 2.67 bits per heavy atom. The van der Waals surface area contributed by atoms with Gasteiger partial charge in [0.15, 0.2) is 0 Å². The summed E-state index contributed by atoms with van der Waals surface area (Å²) in [7, 11) is 1.82. The zero-order chi connectivity index (χ0) is 20.0. The number of para-hydroxylation sites is 1. The van der Waals surface area contributed by atoms with E-state index in [-0.39, 0.29) is 30.4 Å². The van der Waals surface area contributed by atoms with Gasteiger partial charge in [-0.3, -0.25) is 14.5 Å². The maximum absolute atomic E-state index is 12.7. The van der Waals surface area contributed by atoms with Crippen molar-refractivity contribution in [1.82, 2.24) is 10.2 Å². The van der Waals surface area contributed by atoms with Crippen LogP contribution in [0.2, 0.25) is 0 Å². The van der Waals surface area contributed by atoms with Gasteiger partial charge < -0.3 is 10.6 Å². The quantitative estimate of drug-likeness (QED) is 0.697. The fourth-order valence-electron chi connectivity index (χ4n) is 3.59. The van der Waals surface area contributed by atoms with Gasteiger partial charge in [-0.2, -0.15) is 0 Å². The summed E-state index contributed by atoms with van der Waals surface area (Å²) in [6, 6.07) is 7.61. The van der Waals surface area contributed by atoms with Crippen LogP contribution in [0.4, 0.5) is 5.69 Å². The molecule has 2 rings (SSSR count). The van der Waals surface area contributed by atoms with Gasteiger partial charge in [-0.25, -0.2) is 0 Å². The molecule has 0 heterocycles. The van der Waals surface area contributed by atoms with Crippen molar-refractivity contribution >= 4 is 29.3 Å². The first kappa shape index (κ1) is 21.8. The molecule has 1 aromatic rings. The van der Waals surface area contributed by atoms with Crippen molar-refractivity contribution < 1.29 is 9.59 Å². The summed E-state index contributed by atoms with van der Waals surface area (Å²) in [6.07, 6.45) is 5.43. The Bertz CT molecular complexity index is 652. The standard InChI is InChI=1S/C21H33N3O2S/c1-14-9-8-11-17(15(14)2)23-21(26)16(3)24(4)13-20(25)22-18-10-6-7-12-19(18)27-5/h6-7,10,12,14-17H,8-9,11,13H2,1-5H3,(H,22,25)(H,23,26). The number of hydrogen-bond acceptors (Lipinski definition) is 4. The predicted octanol–water partition coefficient (Wildman–Crippen LogP) is 3.61. The molecule has 6 heteroatoms. The fourth-order valence-corrected chi connectivity index (χ4v) is 4.14. The zero-order valence-electron chi connectivity index (χ0n) is 17.1. The van der Waals surface area contributed by atoms with Crippen molar-refractivity contribution in [1.29, 1.82) is 0 Å². The monoisotopic (exact) mass is 391 g/mol. The minimum Gasteiger partial charge on any atom is -0.352 e. The molecule has 1 fully saturated rings. The summed E-state index contributed by atoms with van der Waals surface area (Å²) < 4.78 is 0. The second-order valence-electron chi connectivity index (χ2n) is 7.72. The molecule has 4 unspecified atom stereocenters. The molecule has 1 aliphatic rings. The molecule has 4 atom stereocenters. The second kappa shape index (κ2) is 10.1. The van der Waals surface area contributed by atoms with Crippen LogP contribution in [0.5, 0.6) is 0 Å². The number of nitrogens with one attached hydrogen (secondary N) is 2. The summed E-state index contributed by atoms with van der Waals surface area (Å²) in [5.74, 6) is 1.02. The van der Waals surface area contributed by atoms with Gasteiger partial charge in [0.05, 0.1) is 18.3 Å². The Morgan fingerprint density at radius 2 is 1.96 bits per heavy atom. The van der Waals surface area contributed by atoms with E-state index in [0.29, 0.717) is 11.8 Å². The smallest absolute Gasteiger partial charge is 0.238 e. The predicted molar refractivity (Wildman–Crippen MR) is 113 cm³/mol. The van der Waals surface area contributed by atoms with Crippen molar-refractivity contribution in [2.45, 2.75) is 57.0 Å². The van der Waals surface area contributed by atoms with Gasteiger partial charge >= 0.3 is 0 Å². The van der Waals surface area contributed by atoms with Gasteiger partial charge in [-0.05, 0) is 50.6 Å². The Balaban J connectivity index is 1.87. The van der Waals surface area contributed by atoms with Crippen LogP contribution in [0.25, 0.3) is 0 Å². The van der Waals surface area contributed by atoms with Crippen LogP contribution in [0.1, 0.15) is 40.0 Å². The van der Waals surface area contributed by atoms with Gasteiger partial charge in [-0.1, -0.05) is 38.8 Å². The second-order valence-corrected chi connectivity index (χ2v) is 8.57. The SMILES string of the molecule is CSc1ccccc1NC(=O)CN(C)C(C)C(=O)NC1CCCC(C)C1C. The van der Waals surface area contributed by atoms with Crippen LogP contribution in [-0.4, -0.2) is 48.6 Å².